The number of phosphoric acid groups is 1. The van der Waals surface area contributed by atoms with E-state index < -0.39 is 26.6 Å². The van der Waals surface area contributed by atoms with Gasteiger partial charge in [0.05, 0.1) is 33.8 Å². The molecule has 0 aromatic heterocycles. The average Bonchev–Trinajstić information content (AvgIpc) is 3.44. The highest BCUT2D eigenvalue weighted by atomic mass is 31.2. The Morgan fingerprint density at radius 2 is 0.753 bits per heavy atom. The van der Waals surface area contributed by atoms with Crippen LogP contribution < -0.4 is 10.2 Å². The van der Waals surface area contributed by atoms with Gasteiger partial charge in [-0.2, -0.15) is 0 Å². The molecule has 3 atom stereocenters. The van der Waals surface area contributed by atoms with Crippen molar-refractivity contribution in [2.24, 2.45) is 0 Å². The minimum atomic E-state index is -4.71. The van der Waals surface area contributed by atoms with Gasteiger partial charge in [-0.3, -0.25) is 14.2 Å². The number of unbranched alkanes of at least 4 members (excludes halogenated alkanes) is 30. The summed E-state index contributed by atoms with van der Waals surface area (Å²) in [5.41, 5.74) is 0. The normalized spacial score (nSPS) is 14.2. The van der Waals surface area contributed by atoms with Crippen LogP contribution in [0.15, 0.2) is 97.2 Å². The molecule has 0 saturated carbocycles. The topological polar surface area (TPSA) is 114 Å². The lowest BCUT2D eigenvalue weighted by Gasteiger charge is -2.30. The molecule has 0 aromatic carbocycles. The average molecular weight is 1150 g/mol. The van der Waals surface area contributed by atoms with Crippen molar-refractivity contribution in [1.82, 2.24) is 5.32 Å². The Labute approximate surface area is 500 Å². The van der Waals surface area contributed by atoms with E-state index in [0.29, 0.717) is 17.4 Å². The van der Waals surface area contributed by atoms with Gasteiger partial charge in [-0.1, -0.05) is 260 Å². The molecular weight excluding hydrogens is 1020 g/mol. The van der Waals surface area contributed by atoms with E-state index in [-0.39, 0.29) is 31.3 Å². The van der Waals surface area contributed by atoms with Crippen molar-refractivity contribution in [3.05, 3.63) is 97.2 Å². The number of carbonyl (C=O) groups excluding carboxylic acids is 2. The predicted octanol–water partition coefficient (Wildman–Crippen LogP) is 20.5. The van der Waals surface area contributed by atoms with Gasteiger partial charge in [-0.05, 0) is 115 Å². The Hall–Kier alpha value is -3.07. The lowest BCUT2D eigenvalue weighted by Crippen LogP contribution is -2.47. The van der Waals surface area contributed by atoms with Gasteiger partial charge < -0.3 is 28.5 Å². The molecule has 1 amide bonds. The Morgan fingerprint density at radius 1 is 0.432 bits per heavy atom. The second-order valence-corrected chi connectivity index (χ2v) is 25.0. The molecule has 0 fully saturated rings. The largest absolute Gasteiger partial charge is 0.756 e. The molecule has 9 nitrogen and oxygen atoms in total. The minimum absolute atomic E-state index is 0.0319. The van der Waals surface area contributed by atoms with Crippen LogP contribution in [-0.4, -0.2) is 69.4 Å². The summed E-state index contributed by atoms with van der Waals surface area (Å²) in [7, 11) is 1.16. The number of nitrogens with zero attached hydrogens (tertiary/aromatic N) is 1. The van der Waals surface area contributed by atoms with Crippen molar-refractivity contribution in [3.8, 4) is 0 Å². The number of rotatable bonds is 60. The summed E-state index contributed by atoms with van der Waals surface area (Å²) in [4.78, 5) is 40.1. The highest BCUT2D eigenvalue weighted by Crippen LogP contribution is 2.38. The lowest BCUT2D eigenvalue weighted by molar-refractivity contribution is -0.870. The van der Waals surface area contributed by atoms with Gasteiger partial charge in [0.2, 0.25) is 5.91 Å². The van der Waals surface area contributed by atoms with Crippen molar-refractivity contribution in [2.45, 2.75) is 303 Å². The summed E-state index contributed by atoms with van der Waals surface area (Å²) >= 11 is 0. The maximum absolute atomic E-state index is 13.6. The number of nitrogens with one attached hydrogen (secondary N) is 1. The second-order valence-electron chi connectivity index (χ2n) is 23.6. The molecule has 0 saturated heterocycles. The number of allylic oxidation sites excluding steroid dienone is 15. The first-order valence-corrected chi connectivity index (χ1v) is 35.0. The maximum Gasteiger partial charge on any atom is 0.306 e. The van der Waals surface area contributed by atoms with Crippen LogP contribution in [0.4, 0.5) is 0 Å². The maximum atomic E-state index is 13.6. The fraction of sp³-hybridized carbons (Fsp3) is 0.746. The van der Waals surface area contributed by atoms with Crippen LogP contribution in [0.1, 0.15) is 290 Å². The molecule has 0 rings (SSSR count). The van der Waals surface area contributed by atoms with E-state index >= 15 is 0 Å². The van der Waals surface area contributed by atoms with Gasteiger partial charge in [0.15, 0.2) is 0 Å². The number of quaternary nitrogens is 1. The lowest BCUT2D eigenvalue weighted by atomic mass is 10.0. The number of carbonyl (C=O) groups is 2. The van der Waals surface area contributed by atoms with E-state index in [0.717, 1.165) is 109 Å². The number of likely N-dealkylation sites (N-methyl/N-ethyl adjacent to an activating group) is 1. The third-order valence-corrected chi connectivity index (χ3v) is 15.5. The van der Waals surface area contributed by atoms with E-state index in [9.17, 15) is 19.0 Å². The summed E-state index contributed by atoms with van der Waals surface area (Å²) in [6.07, 6.45) is 80.9. The van der Waals surface area contributed by atoms with Crippen LogP contribution in [0.2, 0.25) is 0 Å². The Bertz CT molecular complexity index is 1710. The molecule has 0 aliphatic heterocycles. The number of hydrogen-bond donors (Lipinski definition) is 1. The molecule has 0 aliphatic rings. The molecule has 0 aromatic rings. The zero-order chi connectivity index (χ0) is 59.3. The summed E-state index contributed by atoms with van der Waals surface area (Å²) in [6.45, 7) is 6.77. The summed E-state index contributed by atoms with van der Waals surface area (Å²) < 4.78 is 30.4. The van der Waals surface area contributed by atoms with E-state index in [1.807, 2.05) is 33.3 Å². The number of ether oxygens (including phenoxy) is 1. The van der Waals surface area contributed by atoms with Crippen molar-refractivity contribution in [1.29, 1.82) is 0 Å². The first-order valence-electron chi connectivity index (χ1n) is 33.5. The summed E-state index contributed by atoms with van der Waals surface area (Å²) in [5.74, 6) is -0.572. The fourth-order valence-corrected chi connectivity index (χ4v) is 10.0. The molecule has 1 N–H and O–H groups in total. The van der Waals surface area contributed by atoms with Crippen molar-refractivity contribution in [3.63, 3.8) is 0 Å². The van der Waals surface area contributed by atoms with Gasteiger partial charge in [0.25, 0.3) is 7.82 Å². The molecule has 0 aliphatic carbocycles. The van der Waals surface area contributed by atoms with Crippen LogP contribution in [0, 0.1) is 0 Å². The van der Waals surface area contributed by atoms with Gasteiger partial charge in [0, 0.05) is 12.8 Å². The number of phosphoric ester groups is 1. The van der Waals surface area contributed by atoms with Crippen molar-refractivity contribution in [2.75, 3.05) is 40.9 Å². The molecule has 0 bridgehead atoms. The van der Waals surface area contributed by atoms with Crippen LogP contribution in [-0.2, 0) is 27.9 Å². The molecule has 3 unspecified atom stereocenters. The molecule has 468 valence electrons. The number of hydrogen-bond acceptors (Lipinski definition) is 7. The van der Waals surface area contributed by atoms with E-state index in [1.165, 1.54) is 141 Å². The first-order chi connectivity index (χ1) is 39.4. The molecule has 0 heterocycles. The predicted molar refractivity (Wildman–Crippen MR) is 348 cm³/mol. The Balaban J connectivity index is 5.22. The molecule has 10 heteroatoms. The van der Waals surface area contributed by atoms with Gasteiger partial charge in [-0.25, -0.2) is 0 Å². The van der Waals surface area contributed by atoms with Gasteiger partial charge in [0.1, 0.15) is 19.3 Å². The van der Waals surface area contributed by atoms with Crippen LogP contribution in [0.25, 0.3) is 0 Å². The molecule has 0 radical (unpaired) electrons. The third-order valence-electron chi connectivity index (χ3n) is 14.5. The van der Waals surface area contributed by atoms with Crippen molar-refractivity contribution >= 4 is 19.7 Å². The zero-order valence-electron chi connectivity index (χ0n) is 53.5. The fourth-order valence-electron chi connectivity index (χ4n) is 9.28. The van der Waals surface area contributed by atoms with E-state index in [1.54, 1.807) is 0 Å². The summed E-state index contributed by atoms with van der Waals surface area (Å²) in [5, 5.41) is 3.02. The SMILES string of the molecule is CCCCC/C=C\C/C=C\C/C=C\C/C=C\CCCCCCCCCCCC(=O)OC(/C=C\CCCCCCCCCCCCC)C(COP(=O)([O-])OCC[N+](C)(C)C)NC(=O)CCCCCC/C=C\C/C=C\C/C=C\CCCCC. The monoisotopic (exact) mass is 1150 g/mol. The van der Waals surface area contributed by atoms with Crippen molar-refractivity contribution < 1.29 is 37.3 Å². The highest BCUT2D eigenvalue weighted by molar-refractivity contribution is 7.45. The van der Waals surface area contributed by atoms with Gasteiger partial charge >= 0.3 is 5.97 Å². The molecule has 81 heavy (non-hydrogen) atoms. The zero-order valence-corrected chi connectivity index (χ0v) is 54.4. The van der Waals surface area contributed by atoms with Crippen LogP contribution in [0.5, 0.6) is 0 Å². The molecule has 0 spiro atoms. The molecular formula is C71H127N2O7P. The van der Waals surface area contributed by atoms with Crippen LogP contribution >= 0.6 is 7.82 Å². The standard InChI is InChI=1S/C71H127N2O7P/c1-7-10-13-16-19-22-25-28-30-32-33-34-35-36-37-38-39-41-43-46-49-52-55-58-61-64-71(75)80-69(62-59-56-53-50-47-44-27-24-21-18-15-12-9-3)68(67-79-81(76,77)78-66-65-73(4,5)6)72-70(74)63-60-57-54-51-48-45-42-40-31-29-26-23-20-17-14-11-8-2/h19-20,22-23,28-31,33-34,36-37,42,45,59,62,68-69H,7-18,21,24-27,32,35,38-41,43-44,46-58,60-61,63-67H2,1-6H3,(H-,72,74,76,77)/b22-19-,23-20-,30-28-,31-29-,34-33-,37-36-,45-42-,62-59-. The van der Waals surface area contributed by atoms with Crippen LogP contribution in [0.3, 0.4) is 0 Å². The Morgan fingerprint density at radius 3 is 1.15 bits per heavy atom. The van der Waals surface area contributed by atoms with Gasteiger partial charge in [-0.15, -0.1) is 0 Å². The quantitative estimate of drug-likeness (QED) is 0.0212. The van der Waals surface area contributed by atoms with E-state index in [4.69, 9.17) is 13.8 Å². The first kappa shape index (κ1) is 77.9. The second kappa shape index (κ2) is 60.1. The summed E-state index contributed by atoms with van der Waals surface area (Å²) in [6, 6.07) is -0.909. The van der Waals surface area contributed by atoms with E-state index in [2.05, 4.69) is 111 Å². The Kier molecular flexibility index (Phi) is 57.8. The number of esters is 1. The minimum Gasteiger partial charge on any atom is -0.756 e. The highest BCUT2D eigenvalue weighted by Gasteiger charge is 2.27. The smallest absolute Gasteiger partial charge is 0.306 e. The number of amides is 1. The third kappa shape index (κ3) is 61.3.